The molecule has 152 valence electrons. The minimum absolute atomic E-state index is 0.0140. The van der Waals surface area contributed by atoms with Crippen LogP contribution in [0.5, 0.6) is 0 Å². The van der Waals surface area contributed by atoms with Crippen molar-refractivity contribution in [2.24, 2.45) is 5.92 Å². The van der Waals surface area contributed by atoms with Crippen molar-refractivity contribution in [3.63, 3.8) is 0 Å². The van der Waals surface area contributed by atoms with Crippen LogP contribution in [0.1, 0.15) is 42.6 Å². The third kappa shape index (κ3) is 4.74. The maximum Gasteiger partial charge on any atom is 0.270 e. The molecule has 2 aromatic carbocycles. The van der Waals surface area contributed by atoms with Gasteiger partial charge in [-0.3, -0.25) is 19.7 Å². The Kier molecular flexibility index (Phi) is 6.17. The van der Waals surface area contributed by atoms with Crippen LogP contribution in [0.25, 0.3) is 0 Å². The molecular weight excluding hydrogens is 394 g/mol. The fraction of sp³-hybridized carbons (Fsp3) is 0.333. The van der Waals surface area contributed by atoms with Crippen LogP contribution in [0.4, 0.5) is 17.1 Å². The highest BCUT2D eigenvalue weighted by Crippen LogP contribution is 2.31. The first-order chi connectivity index (χ1) is 13.8. The van der Waals surface area contributed by atoms with Gasteiger partial charge in [-0.1, -0.05) is 25.4 Å². The highest BCUT2D eigenvalue weighted by molar-refractivity contribution is 6.34. The number of nitrogens with zero attached hydrogens (tertiary/aromatic N) is 2. The molecule has 0 bridgehead atoms. The van der Waals surface area contributed by atoms with Gasteiger partial charge >= 0.3 is 0 Å². The highest BCUT2D eigenvalue weighted by atomic mass is 35.5. The number of amides is 2. The van der Waals surface area contributed by atoms with E-state index in [2.05, 4.69) is 19.2 Å². The lowest BCUT2D eigenvalue weighted by molar-refractivity contribution is -0.384. The predicted molar refractivity (Wildman–Crippen MR) is 113 cm³/mol. The number of nitro groups is 1. The number of aryl methyl sites for hydroxylation is 1. The number of halogens is 1. The quantitative estimate of drug-likeness (QED) is 0.540. The fourth-order valence-electron chi connectivity index (χ4n) is 3.27. The molecule has 1 heterocycles. The minimum Gasteiger partial charge on any atom is -0.322 e. The van der Waals surface area contributed by atoms with E-state index in [1.807, 2.05) is 17.0 Å². The second-order valence-corrected chi connectivity index (χ2v) is 7.85. The molecule has 0 atom stereocenters. The highest BCUT2D eigenvalue weighted by Gasteiger charge is 2.24. The predicted octanol–water partition coefficient (Wildman–Crippen LogP) is 4.83. The zero-order chi connectivity index (χ0) is 21.1. The SMILES string of the molecule is CC(C)CCN1C(=O)CCc2cc(NC(=O)c3ccc([N+](=O)[O-])cc3Cl)ccc21. The summed E-state index contributed by atoms with van der Waals surface area (Å²) in [6.45, 7) is 4.92. The molecule has 1 aliphatic rings. The molecule has 0 fully saturated rings. The molecular formula is C21H22ClN3O4. The van der Waals surface area contributed by atoms with Gasteiger partial charge in [-0.2, -0.15) is 0 Å². The summed E-state index contributed by atoms with van der Waals surface area (Å²) in [5.41, 5.74) is 2.45. The zero-order valence-electron chi connectivity index (χ0n) is 16.3. The summed E-state index contributed by atoms with van der Waals surface area (Å²) >= 11 is 6.04. The van der Waals surface area contributed by atoms with Gasteiger partial charge in [0.15, 0.2) is 0 Å². The summed E-state index contributed by atoms with van der Waals surface area (Å²) in [6, 6.07) is 9.19. The minimum atomic E-state index is -0.566. The van der Waals surface area contributed by atoms with E-state index in [1.54, 1.807) is 6.07 Å². The molecule has 0 spiro atoms. The molecule has 2 aromatic rings. The summed E-state index contributed by atoms with van der Waals surface area (Å²) in [6.07, 6.45) is 1.98. The van der Waals surface area contributed by atoms with Crippen LogP contribution in [0.15, 0.2) is 36.4 Å². The number of nitrogens with one attached hydrogen (secondary N) is 1. The maximum atomic E-state index is 12.5. The summed E-state index contributed by atoms with van der Waals surface area (Å²) < 4.78 is 0. The van der Waals surface area contributed by atoms with E-state index in [0.717, 1.165) is 23.7 Å². The number of nitro benzene ring substituents is 1. The molecule has 0 aliphatic carbocycles. The van der Waals surface area contributed by atoms with Crippen molar-refractivity contribution in [2.75, 3.05) is 16.8 Å². The smallest absolute Gasteiger partial charge is 0.270 e. The maximum absolute atomic E-state index is 12.5. The molecule has 0 radical (unpaired) electrons. The second-order valence-electron chi connectivity index (χ2n) is 7.45. The fourth-order valence-corrected chi connectivity index (χ4v) is 3.53. The average Bonchev–Trinajstić information content (AvgIpc) is 2.66. The number of benzene rings is 2. The van der Waals surface area contributed by atoms with Crippen molar-refractivity contribution in [1.29, 1.82) is 0 Å². The first kappa shape index (κ1) is 20.8. The molecule has 1 aliphatic heterocycles. The molecule has 1 N–H and O–H groups in total. The lowest BCUT2D eigenvalue weighted by Gasteiger charge is -2.30. The monoisotopic (exact) mass is 415 g/mol. The molecule has 29 heavy (non-hydrogen) atoms. The van der Waals surface area contributed by atoms with Gasteiger partial charge in [-0.05, 0) is 48.6 Å². The van der Waals surface area contributed by atoms with Gasteiger partial charge in [0.2, 0.25) is 5.91 Å². The van der Waals surface area contributed by atoms with Crippen molar-refractivity contribution in [3.05, 3.63) is 62.7 Å². The Bertz CT molecular complexity index is 974. The van der Waals surface area contributed by atoms with Crippen molar-refractivity contribution >= 4 is 40.5 Å². The van der Waals surface area contributed by atoms with Crippen molar-refractivity contribution in [3.8, 4) is 0 Å². The first-order valence-corrected chi connectivity index (χ1v) is 9.82. The number of carbonyl (C=O) groups is 2. The third-order valence-electron chi connectivity index (χ3n) is 4.88. The van der Waals surface area contributed by atoms with E-state index in [1.165, 1.54) is 12.1 Å². The number of fused-ring (bicyclic) bond motifs is 1. The summed E-state index contributed by atoms with van der Waals surface area (Å²) in [7, 11) is 0. The number of carbonyl (C=O) groups excluding carboxylic acids is 2. The lowest BCUT2D eigenvalue weighted by Crippen LogP contribution is -2.36. The van der Waals surface area contributed by atoms with Gasteiger partial charge in [-0.25, -0.2) is 0 Å². The van der Waals surface area contributed by atoms with Crippen LogP contribution < -0.4 is 10.2 Å². The van der Waals surface area contributed by atoms with E-state index < -0.39 is 10.8 Å². The Morgan fingerprint density at radius 3 is 2.66 bits per heavy atom. The molecule has 8 heteroatoms. The second kappa shape index (κ2) is 8.61. The average molecular weight is 416 g/mol. The van der Waals surface area contributed by atoms with E-state index in [4.69, 9.17) is 11.6 Å². The third-order valence-corrected chi connectivity index (χ3v) is 5.19. The van der Waals surface area contributed by atoms with Crippen LogP contribution in [-0.4, -0.2) is 23.3 Å². The number of non-ortho nitro benzene ring substituents is 1. The van der Waals surface area contributed by atoms with Gasteiger partial charge in [0.25, 0.3) is 11.6 Å². The first-order valence-electron chi connectivity index (χ1n) is 9.45. The van der Waals surface area contributed by atoms with Gasteiger partial charge in [-0.15, -0.1) is 0 Å². The van der Waals surface area contributed by atoms with Crippen LogP contribution in [0.3, 0.4) is 0 Å². The van der Waals surface area contributed by atoms with E-state index in [9.17, 15) is 19.7 Å². The largest absolute Gasteiger partial charge is 0.322 e. The van der Waals surface area contributed by atoms with Crippen LogP contribution >= 0.6 is 11.6 Å². The van der Waals surface area contributed by atoms with Crippen molar-refractivity contribution < 1.29 is 14.5 Å². The van der Waals surface area contributed by atoms with Gasteiger partial charge < -0.3 is 10.2 Å². The van der Waals surface area contributed by atoms with Gasteiger partial charge in [0.1, 0.15) is 0 Å². The Morgan fingerprint density at radius 2 is 2.00 bits per heavy atom. The zero-order valence-corrected chi connectivity index (χ0v) is 17.0. The van der Waals surface area contributed by atoms with E-state index in [0.29, 0.717) is 31.0 Å². The molecule has 3 rings (SSSR count). The molecule has 0 aromatic heterocycles. The normalized spacial score (nSPS) is 13.4. The Balaban J connectivity index is 1.79. The van der Waals surface area contributed by atoms with E-state index >= 15 is 0 Å². The van der Waals surface area contributed by atoms with E-state index in [-0.39, 0.29) is 22.2 Å². The molecule has 0 saturated carbocycles. The molecule has 7 nitrogen and oxygen atoms in total. The van der Waals surface area contributed by atoms with Gasteiger partial charge in [0.05, 0.1) is 15.5 Å². The topological polar surface area (TPSA) is 92.6 Å². The molecule has 0 saturated heterocycles. The Labute approximate surface area is 173 Å². The molecule has 2 amide bonds. The number of hydrogen-bond donors (Lipinski definition) is 1. The number of hydrogen-bond acceptors (Lipinski definition) is 4. The van der Waals surface area contributed by atoms with Gasteiger partial charge in [0, 0.05) is 36.5 Å². The molecule has 0 unspecified atom stereocenters. The van der Waals surface area contributed by atoms with Crippen molar-refractivity contribution in [2.45, 2.75) is 33.1 Å². The summed E-state index contributed by atoms with van der Waals surface area (Å²) in [5, 5.41) is 13.6. The number of rotatable bonds is 6. The van der Waals surface area contributed by atoms with Crippen LogP contribution in [-0.2, 0) is 11.2 Å². The van der Waals surface area contributed by atoms with Crippen LogP contribution in [0, 0.1) is 16.0 Å². The lowest BCUT2D eigenvalue weighted by atomic mass is 9.99. The Morgan fingerprint density at radius 1 is 1.24 bits per heavy atom. The summed E-state index contributed by atoms with van der Waals surface area (Å²) in [4.78, 5) is 36.9. The number of anilines is 2. The van der Waals surface area contributed by atoms with Crippen LogP contribution in [0.2, 0.25) is 5.02 Å². The standard InChI is InChI=1S/C21H22ClN3O4/c1-13(2)9-10-24-19-7-4-15(11-14(19)3-8-20(24)26)23-21(27)17-6-5-16(25(28)29)12-18(17)22/h4-7,11-13H,3,8-10H2,1-2H3,(H,23,27). The summed E-state index contributed by atoms with van der Waals surface area (Å²) in [5.74, 6) is 0.166. The Hall–Kier alpha value is -2.93. The van der Waals surface area contributed by atoms with Crippen molar-refractivity contribution in [1.82, 2.24) is 0 Å².